The van der Waals surface area contributed by atoms with Gasteiger partial charge in [-0.25, -0.2) is 17.6 Å². The summed E-state index contributed by atoms with van der Waals surface area (Å²) in [6, 6.07) is 9.77. The first-order chi connectivity index (χ1) is 11.7. The minimum atomic E-state index is -4.19. The van der Waals surface area contributed by atoms with Gasteiger partial charge in [-0.15, -0.1) is 0 Å². The summed E-state index contributed by atoms with van der Waals surface area (Å²) in [6.07, 6.45) is 0. The van der Waals surface area contributed by atoms with Crippen molar-refractivity contribution in [2.45, 2.75) is 37.6 Å². The van der Waals surface area contributed by atoms with Gasteiger partial charge in [0.15, 0.2) is 0 Å². The molecule has 0 bridgehead atoms. The van der Waals surface area contributed by atoms with Crippen LogP contribution in [-0.4, -0.2) is 25.5 Å². The number of sulfonamides is 1. The summed E-state index contributed by atoms with van der Waals surface area (Å²) in [5.41, 5.74) is 1.01. The van der Waals surface area contributed by atoms with Crippen molar-refractivity contribution in [3.05, 3.63) is 59.9 Å². The molecule has 0 heterocycles. The zero-order valence-corrected chi connectivity index (χ0v) is 15.0. The fourth-order valence-corrected chi connectivity index (χ4v) is 4.18. The van der Waals surface area contributed by atoms with Gasteiger partial charge in [-0.2, -0.15) is 0 Å². The number of carbonyl (C=O) groups is 1. The highest BCUT2D eigenvalue weighted by Gasteiger charge is 2.34. The van der Waals surface area contributed by atoms with Gasteiger partial charge in [0.2, 0.25) is 0 Å². The molecule has 2 rings (SSSR count). The fraction of sp³-hybridized carbons (Fsp3) is 0.278. The molecule has 0 amide bonds. The normalized spacial score (nSPS) is 12.8. The lowest BCUT2D eigenvalue weighted by Gasteiger charge is -2.30. The molecule has 7 heteroatoms. The smallest absolute Gasteiger partial charge is 0.327 e. The average Bonchev–Trinajstić information content (AvgIpc) is 2.55. The fourth-order valence-electron chi connectivity index (χ4n) is 2.54. The second-order valence-corrected chi connectivity index (χ2v) is 7.80. The molecule has 0 spiro atoms. The molecule has 5 nitrogen and oxygen atoms in total. The Morgan fingerprint density at radius 2 is 1.60 bits per heavy atom. The molecule has 1 unspecified atom stereocenters. The van der Waals surface area contributed by atoms with Gasteiger partial charge in [0.25, 0.3) is 10.0 Å². The first kappa shape index (κ1) is 18.9. The quantitative estimate of drug-likeness (QED) is 0.848. The number of benzene rings is 2. The summed E-state index contributed by atoms with van der Waals surface area (Å²) >= 11 is 0. The molecule has 2 aromatic rings. The number of halogens is 1. The number of hydrogen-bond acceptors (Lipinski definition) is 3. The van der Waals surface area contributed by atoms with E-state index < -0.39 is 27.9 Å². The number of hydrogen-bond donors (Lipinski definition) is 1. The predicted molar refractivity (Wildman–Crippen MR) is 93.7 cm³/mol. The third kappa shape index (κ3) is 3.82. The van der Waals surface area contributed by atoms with E-state index >= 15 is 0 Å². The molecule has 0 aliphatic heterocycles. The lowest BCUT2D eigenvalue weighted by molar-refractivity contribution is -0.137. The van der Waals surface area contributed by atoms with Crippen LogP contribution in [0.1, 0.15) is 32.3 Å². The largest absolute Gasteiger partial charge is 0.480 e. The van der Waals surface area contributed by atoms with Crippen molar-refractivity contribution in [2.24, 2.45) is 0 Å². The van der Waals surface area contributed by atoms with Crippen LogP contribution in [0.15, 0.2) is 53.4 Å². The summed E-state index contributed by atoms with van der Waals surface area (Å²) in [4.78, 5) is 11.4. The first-order valence-corrected chi connectivity index (χ1v) is 9.22. The zero-order chi connectivity index (χ0) is 18.8. The van der Waals surface area contributed by atoms with Crippen molar-refractivity contribution in [3.63, 3.8) is 0 Å². The molecule has 0 fully saturated rings. The Kier molecular flexibility index (Phi) is 5.47. The number of carboxylic acids is 1. The van der Waals surface area contributed by atoms with E-state index in [0.717, 1.165) is 28.6 Å². The van der Waals surface area contributed by atoms with E-state index in [-0.39, 0.29) is 10.8 Å². The third-order valence-electron chi connectivity index (χ3n) is 3.88. The maximum Gasteiger partial charge on any atom is 0.327 e. The van der Waals surface area contributed by atoms with Crippen LogP contribution in [0.4, 0.5) is 10.1 Å². The molecule has 0 aliphatic rings. The molecule has 0 radical (unpaired) electrons. The van der Waals surface area contributed by atoms with E-state index in [2.05, 4.69) is 0 Å². The van der Waals surface area contributed by atoms with Crippen LogP contribution >= 0.6 is 0 Å². The predicted octanol–water partition coefficient (Wildman–Crippen LogP) is 3.62. The van der Waals surface area contributed by atoms with Crippen molar-refractivity contribution in [1.29, 1.82) is 0 Å². The van der Waals surface area contributed by atoms with Gasteiger partial charge in [0, 0.05) is 0 Å². The number of nitrogens with zero attached hydrogens (tertiary/aromatic N) is 1. The maximum absolute atomic E-state index is 13.2. The lowest BCUT2D eigenvalue weighted by Crippen LogP contribution is -2.44. The summed E-state index contributed by atoms with van der Waals surface area (Å²) in [7, 11) is -4.19. The molecule has 0 aliphatic carbocycles. The van der Waals surface area contributed by atoms with Crippen LogP contribution in [0, 0.1) is 5.82 Å². The van der Waals surface area contributed by atoms with E-state index in [1.807, 2.05) is 13.8 Å². The Morgan fingerprint density at radius 3 is 2.12 bits per heavy atom. The van der Waals surface area contributed by atoms with Crippen molar-refractivity contribution in [2.75, 3.05) is 4.31 Å². The number of para-hydroxylation sites is 1. The molecular weight excluding hydrogens is 345 g/mol. The van der Waals surface area contributed by atoms with Crippen LogP contribution in [0.2, 0.25) is 0 Å². The highest BCUT2D eigenvalue weighted by Crippen LogP contribution is 2.33. The number of rotatable bonds is 6. The number of aliphatic carboxylic acids is 1. The van der Waals surface area contributed by atoms with Crippen LogP contribution in [-0.2, 0) is 14.8 Å². The third-order valence-corrected chi connectivity index (χ3v) is 5.77. The molecule has 1 N–H and O–H groups in total. The van der Waals surface area contributed by atoms with E-state index in [9.17, 15) is 22.7 Å². The molecule has 0 saturated heterocycles. The van der Waals surface area contributed by atoms with Gasteiger partial charge in [-0.1, -0.05) is 32.0 Å². The molecule has 0 saturated carbocycles. The van der Waals surface area contributed by atoms with Gasteiger partial charge >= 0.3 is 5.97 Å². The van der Waals surface area contributed by atoms with Gasteiger partial charge in [0.1, 0.15) is 11.9 Å². The second-order valence-electron chi connectivity index (χ2n) is 5.98. The Bertz CT molecular complexity index is 863. The van der Waals surface area contributed by atoms with Crippen molar-refractivity contribution >= 4 is 21.7 Å². The minimum Gasteiger partial charge on any atom is -0.480 e. The highest BCUT2D eigenvalue weighted by atomic mass is 32.2. The molecule has 1 atom stereocenters. The Labute approximate surface area is 146 Å². The first-order valence-electron chi connectivity index (χ1n) is 7.78. The summed E-state index contributed by atoms with van der Waals surface area (Å²) < 4.78 is 40.2. The van der Waals surface area contributed by atoms with Crippen LogP contribution < -0.4 is 4.31 Å². The lowest BCUT2D eigenvalue weighted by atomic mass is 10.0. The molecule has 134 valence electrons. The molecule has 0 aromatic heterocycles. The van der Waals surface area contributed by atoms with E-state index in [1.54, 1.807) is 24.3 Å². The van der Waals surface area contributed by atoms with Crippen LogP contribution in [0.25, 0.3) is 0 Å². The van der Waals surface area contributed by atoms with Crippen molar-refractivity contribution < 1.29 is 22.7 Å². The average molecular weight is 365 g/mol. The second kappa shape index (κ2) is 7.23. The Balaban J connectivity index is 2.70. The summed E-state index contributed by atoms with van der Waals surface area (Å²) in [6.45, 7) is 5.10. The van der Waals surface area contributed by atoms with Gasteiger partial charge in [-0.05, 0) is 48.7 Å². The monoisotopic (exact) mass is 365 g/mol. The SMILES string of the molecule is CC(C)c1ccccc1N(C(C)C(=O)O)S(=O)(=O)c1ccc(F)cc1. The standard InChI is InChI=1S/C18H20FNO4S/c1-12(2)16-6-4-5-7-17(16)20(13(3)18(21)22)25(23,24)15-10-8-14(19)9-11-15/h4-13H,1-3H3,(H,21,22). The minimum absolute atomic E-state index is 0.0110. The number of anilines is 1. The molecular formula is C18H20FNO4S. The summed E-state index contributed by atoms with van der Waals surface area (Å²) in [5, 5.41) is 9.43. The topological polar surface area (TPSA) is 74.7 Å². The van der Waals surface area contributed by atoms with Crippen LogP contribution in [0.5, 0.6) is 0 Å². The Morgan fingerprint density at radius 1 is 1.04 bits per heavy atom. The van der Waals surface area contributed by atoms with Crippen LogP contribution in [0.3, 0.4) is 0 Å². The maximum atomic E-state index is 13.2. The zero-order valence-electron chi connectivity index (χ0n) is 14.2. The van der Waals surface area contributed by atoms with Crippen molar-refractivity contribution in [1.82, 2.24) is 0 Å². The Hall–Kier alpha value is -2.41. The molecule has 25 heavy (non-hydrogen) atoms. The van der Waals surface area contributed by atoms with E-state index in [0.29, 0.717) is 11.3 Å². The van der Waals surface area contributed by atoms with Gasteiger partial charge in [-0.3, -0.25) is 4.31 Å². The molecule has 2 aromatic carbocycles. The highest BCUT2D eigenvalue weighted by molar-refractivity contribution is 7.93. The number of carboxylic acid groups (broad SMARTS) is 1. The van der Waals surface area contributed by atoms with E-state index in [4.69, 9.17) is 0 Å². The summed E-state index contributed by atoms with van der Waals surface area (Å²) in [5.74, 6) is -1.85. The van der Waals surface area contributed by atoms with E-state index in [1.165, 1.54) is 6.92 Å². The van der Waals surface area contributed by atoms with Gasteiger partial charge in [0.05, 0.1) is 10.6 Å². The van der Waals surface area contributed by atoms with Crippen molar-refractivity contribution in [3.8, 4) is 0 Å². The van der Waals surface area contributed by atoms with Gasteiger partial charge < -0.3 is 5.11 Å².